The number of hydrogen-bond donors (Lipinski definition) is 2. The van der Waals surface area contributed by atoms with E-state index in [9.17, 15) is 0 Å². The number of nitrogens with one attached hydrogen (secondary N) is 2. The van der Waals surface area contributed by atoms with Gasteiger partial charge in [-0.25, -0.2) is 0 Å². The highest BCUT2D eigenvalue weighted by molar-refractivity contribution is 14.0. The third-order valence-corrected chi connectivity index (χ3v) is 4.41. The molecule has 2 rings (SSSR count). The van der Waals surface area contributed by atoms with Crippen molar-refractivity contribution in [2.24, 2.45) is 16.8 Å². The SMILES string of the molecule is CN=C(NCCCC(C)C)NCC1CCN(C2CC2)C1.I. The largest absolute Gasteiger partial charge is 0.356 e. The first-order valence-corrected chi connectivity index (χ1v) is 8.37. The van der Waals surface area contributed by atoms with Gasteiger partial charge in [-0.15, -0.1) is 24.0 Å². The molecule has 0 spiro atoms. The molecule has 1 atom stereocenters. The van der Waals surface area contributed by atoms with Gasteiger partial charge in [0, 0.05) is 32.7 Å². The van der Waals surface area contributed by atoms with Gasteiger partial charge in [0.25, 0.3) is 0 Å². The summed E-state index contributed by atoms with van der Waals surface area (Å²) in [6.45, 7) is 9.22. The van der Waals surface area contributed by atoms with E-state index in [1.165, 1.54) is 45.2 Å². The summed E-state index contributed by atoms with van der Waals surface area (Å²) in [6.07, 6.45) is 6.70. The number of rotatable bonds is 7. The van der Waals surface area contributed by atoms with Crippen molar-refractivity contribution in [3.63, 3.8) is 0 Å². The topological polar surface area (TPSA) is 39.7 Å². The molecule has 5 heteroatoms. The summed E-state index contributed by atoms with van der Waals surface area (Å²) in [7, 11) is 1.86. The van der Waals surface area contributed by atoms with Crippen LogP contribution in [0.1, 0.15) is 46.0 Å². The van der Waals surface area contributed by atoms with Gasteiger partial charge in [-0.05, 0) is 50.5 Å². The molecule has 21 heavy (non-hydrogen) atoms. The van der Waals surface area contributed by atoms with Crippen molar-refractivity contribution in [1.82, 2.24) is 15.5 Å². The minimum atomic E-state index is 0. The van der Waals surface area contributed by atoms with Crippen LogP contribution in [0.4, 0.5) is 0 Å². The molecule has 0 aromatic heterocycles. The van der Waals surface area contributed by atoms with E-state index in [1.54, 1.807) is 0 Å². The van der Waals surface area contributed by atoms with Crippen LogP contribution in [0.5, 0.6) is 0 Å². The van der Waals surface area contributed by atoms with Crippen LogP contribution in [0.2, 0.25) is 0 Å². The van der Waals surface area contributed by atoms with Crippen LogP contribution in [0.15, 0.2) is 4.99 Å². The molecule has 0 amide bonds. The lowest BCUT2D eigenvalue weighted by Crippen LogP contribution is -2.40. The maximum Gasteiger partial charge on any atom is 0.190 e. The molecule has 1 saturated heterocycles. The van der Waals surface area contributed by atoms with Crippen molar-refractivity contribution >= 4 is 29.9 Å². The van der Waals surface area contributed by atoms with Crippen molar-refractivity contribution in [1.29, 1.82) is 0 Å². The highest BCUT2D eigenvalue weighted by Gasteiger charge is 2.34. The first-order valence-electron chi connectivity index (χ1n) is 8.37. The van der Waals surface area contributed by atoms with Gasteiger partial charge in [0.15, 0.2) is 5.96 Å². The van der Waals surface area contributed by atoms with E-state index in [2.05, 4.69) is 34.4 Å². The lowest BCUT2D eigenvalue weighted by atomic mass is 10.1. The fourth-order valence-electron chi connectivity index (χ4n) is 2.98. The summed E-state index contributed by atoms with van der Waals surface area (Å²) in [4.78, 5) is 6.98. The Morgan fingerprint density at radius 3 is 2.62 bits per heavy atom. The van der Waals surface area contributed by atoms with Gasteiger partial charge in [0.1, 0.15) is 0 Å². The molecule has 2 aliphatic rings. The Bertz CT molecular complexity index is 315. The zero-order chi connectivity index (χ0) is 14.4. The molecule has 0 bridgehead atoms. The Morgan fingerprint density at radius 2 is 2.00 bits per heavy atom. The maximum absolute atomic E-state index is 4.31. The first-order chi connectivity index (χ1) is 9.69. The maximum atomic E-state index is 4.31. The van der Waals surface area contributed by atoms with Gasteiger partial charge in [-0.2, -0.15) is 0 Å². The Morgan fingerprint density at radius 1 is 1.24 bits per heavy atom. The van der Waals surface area contributed by atoms with Crippen LogP contribution in [-0.4, -0.2) is 50.1 Å². The zero-order valence-corrected chi connectivity index (χ0v) is 16.2. The minimum Gasteiger partial charge on any atom is -0.356 e. The number of aliphatic imine (C=N–C) groups is 1. The van der Waals surface area contributed by atoms with Crippen molar-refractivity contribution in [3.8, 4) is 0 Å². The summed E-state index contributed by atoms with van der Waals surface area (Å²) in [5.41, 5.74) is 0. The van der Waals surface area contributed by atoms with Gasteiger partial charge < -0.3 is 15.5 Å². The second-order valence-corrected chi connectivity index (χ2v) is 6.80. The normalized spacial score (nSPS) is 23.2. The van der Waals surface area contributed by atoms with Crippen molar-refractivity contribution in [3.05, 3.63) is 0 Å². The van der Waals surface area contributed by atoms with Crippen LogP contribution in [-0.2, 0) is 0 Å². The van der Waals surface area contributed by atoms with E-state index in [0.717, 1.165) is 36.9 Å². The number of halogens is 1. The molecule has 1 aliphatic heterocycles. The van der Waals surface area contributed by atoms with Gasteiger partial charge in [0.05, 0.1) is 0 Å². The molecule has 0 radical (unpaired) electrons. The predicted octanol–water partition coefficient (Wildman–Crippen LogP) is 2.69. The third-order valence-electron chi connectivity index (χ3n) is 4.41. The Kier molecular flexibility index (Phi) is 8.94. The van der Waals surface area contributed by atoms with E-state index in [1.807, 2.05) is 7.05 Å². The van der Waals surface area contributed by atoms with E-state index in [4.69, 9.17) is 0 Å². The summed E-state index contributed by atoms with van der Waals surface area (Å²) in [5, 5.41) is 6.91. The lowest BCUT2D eigenvalue weighted by Gasteiger charge is -2.17. The number of guanidine groups is 1. The van der Waals surface area contributed by atoms with Crippen molar-refractivity contribution in [2.45, 2.75) is 52.0 Å². The van der Waals surface area contributed by atoms with Crippen LogP contribution >= 0.6 is 24.0 Å². The number of nitrogens with zero attached hydrogens (tertiary/aromatic N) is 2. The van der Waals surface area contributed by atoms with Crippen LogP contribution in [0, 0.1) is 11.8 Å². The highest BCUT2D eigenvalue weighted by Crippen LogP contribution is 2.31. The molecule has 2 fully saturated rings. The van der Waals surface area contributed by atoms with Gasteiger partial charge >= 0.3 is 0 Å². The molecule has 4 nitrogen and oxygen atoms in total. The number of hydrogen-bond acceptors (Lipinski definition) is 2. The van der Waals surface area contributed by atoms with E-state index in [0.29, 0.717) is 0 Å². The van der Waals surface area contributed by atoms with Crippen LogP contribution < -0.4 is 10.6 Å². The Labute approximate surface area is 147 Å². The van der Waals surface area contributed by atoms with Gasteiger partial charge in [-0.1, -0.05) is 13.8 Å². The molecule has 0 aromatic rings. The van der Waals surface area contributed by atoms with Crippen LogP contribution in [0.3, 0.4) is 0 Å². The molecule has 1 saturated carbocycles. The fourth-order valence-corrected chi connectivity index (χ4v) is 2.98. The molecule has 1 heterocycles. The minimum absolute atomic E-state index is 0. The molecule has 0 aromatic carbocycles. The van der Waals surface area contributed by atoms with Crippen molar-refractivity contribution < 1.29 is 0 Å². The smallest absolute Gasteiger partial charge is 0.190 e. The predicted molar refractivity (Wildman–Crippen MR) is 102 cm³/mol. The standard InChI is InChI=1S/C16H32N4.HI/c1-13(2)5-4-9-18-16(17-3)19-11-14-8-10-20(12-14)15-6-7-15;/h13-15H,4-12H2,1-3H3,(H2,17,18,19);1H. The number of likely N-dealkylation sites (tertiary alicyclic amines) is 1. The quantitative estimate of drug-likeness (QED) is 0.295. The second-order valence-electron chi connectivity index (χ2n) is 6.80. The van der Waals surface area contributed by atoms with E-state index >= 15 is 0 Å². The van der Waals surface area contributed by atoms with E-state index in [-0.39, 0.29) is 24.0 Å². The average Bonchev–Trinajstić information content (AvgIpc) is 3.17. The molecular formula is C16H33IN4. The Balaban J connectivity index is 0.00000220. The average molecular weight is 408 g/mol. The molecule has 1 aliphatic carbocycles. The van der Waals surface area contributed by atoms with E-state index < -0.39 is 0 Å². The summed E-state index contributed by atoms with van der Waals surface area (Å²) in [5.74, 6) is 2.56. The van der Waals surface area contributed by atoms with Crippen molar-refractivity contribution in [2.75, 3.05) is 33.2 Å². The summed E-state index contributed by atoms with van der Waals surface area (Å²) < 4.78 is 0. The summed E-state index contributed by atoms with van der Waals surface area (Å²) in [6, 6.07) is 0.925. The van der Waals surface area contributed by atoms with Gasteiger partial charge in [-0.3, -0.25) is 4.99 Å². The molecule has 124 valence electrons. The first kappa shape index (κ1) is 19.0. The lowest BCUT2D eigenvalue weighted by molar-refractivity contribution is 0.314. The highest BCUT2D eigenvalue weighted by atomic mass is 127. The monoisotopic (exact) mass is 408 g/mol. The Hall–Kier alpha value is -0.0400. The second kappa shape index (κ2) is 9.87. The molecular weight excluding hydrogens is 375 g/mol. The third kappa shape index (κ3) is 7.17. The summed E-state index contributed by atoms with van der Waals surface area (Å²) >= 11 is 0. The van der Waals surface area contributed by atoms with Crippen LogP contribution in [0.25, 0.3) is 0 Å². The zero-order valence-electron chi connectivity index (χ0n) is 13.9. The van der Waals surface area contributed by atoms with Gasteiger partial charge in [0.2, 0.25) is 0 Å². The molecule has 1 unspecified atom stereocenters. The molecule has 2 N–H and O–H groups in total. The fraction of sp³-hybridized carbons (Fsp3) is 0.938.